The number of hydrogen-bond donors (Lipinski definition) is 1. The minimum atomic E-state index is -0.229. The molecule has 2 atom stereocenters. The first-order valence-electron chi connectivity index (χ1n) is 6.63. The molecule has 3 heterocycles. The second-order valence-electron chi connectivity index (χ2n) is 4.94. The third-order valence-electron chi connectivity index (χ3n) is 3.46. The topological polar surface area (TPSA) is 60.2 Å². The van der Waals surface area contributed by atoms with Crippen LogP contribution in [0.15, 0.2) is 29.1 Å². The Morgan fingerprint density at radius 1 is 1.50 bits per heavy atom. The summed E-state index contributed by atoms with van der Waals surface area (Å²) in [6.45, 7) is 3.80. The first-order valence-corrected chi connectivity index (χ1v) is 7.01. The average molecular weight is 294 g/mol. The van der Waals surface area contributed by atoms with E-state index in [4.69, 9.17) is 20.8 Å². The number of aromatic nitrogens is 2. The van der Waals surface area contributed by atoms with Gasteiger partial charge in [-0.1, -0.05) is 11.6 Å². The molecule has 1 aliphatic rings. The SMILES string of the molecule is Cc1cc(Cl)cnc1OC(c1ncco1)C1CCNC1. The number of nitrogens with zero attached hydrogens (tertiary/aromatic N) is 2. The molecule has 0 bridgehead atoms. The van der Waals surface area contributed by atoms with Crippen LogP contribution in [0.2, 0.25) is 5.02 Å². The summed E-state index contributed by atoms with van der Waals surface area (Å²) in [6, 6.07) is 1.84. The van der Waals surface area contributed by atoms with E-state index >= 15 is 0 Å². The Balaban J connectivity index is 1.86. The molecule has 1 fully saturated rings. The van der Waals surface area contributed by atoms with Crippen LogP contribution in [0.4, 0.5) is 0 Å². The average Bonchev–Trinajstić information content (AvgIpc) is 3.11. The van der Waals surface area contributed by atoms with E-state index in [1.54, 1.807) is 18.7 Å². The van der Waals surface area contributed by atoms with Gasteiger partial charge >= 0.3 is 0 Å². The second kappa shape index (κ2) is 5.81. The van der Waals surface area contributed by atoms with Crippen molar-refractivity contribution in [3.05, 3.63) is 41.2 Å². The Kier molecular flexibility index (Phi) is 3.89. The molecule has 0 spiro atoms. The molecule has 106 valence electrons. The van der Waals surface area contributed by atoms with Gasteiger partial charge in [-0.05, 0) is 26.0 Å². The summed E-state index contributed by atoms with van der Waals surface area (Å²) in [5.74, 6) is 1.49. The zero-order valence-electron chi connectivity index (χ0n) is 11.2. The number of halogens is 1. The fourth-order valence-corrected chi connectivity index (χ4v) is 2.64. The second-order valence-corrected chi connectivity index (χ2v) is 5.37. The maximum atomic E-state index is 6.06. The minimum absolute atomic E-state index is 0.229. The van der Waals surface area contributed by atoms with Gasteiger partial charge in [0, 0.05) is 24.2 Å². The highest BCUT2D eigenvalue weighted by Gasteiger charge is 2.32. The van der Waals surface area contributed by atoms with Crippen molar-refractivity contribution in [3.63, 3.8) is 0 Å². The van der Waals surface area contributed by atoms with Crippen LogP contribution < -0.4 is 10.1 Å². The maximum absolute atomic E-state index is 6.06. The van der Waals surface area contributed by atoms with Gasteiger partial charge in [0.25, 0.3) is 0 Å². The molecule has 20 heavy (non-hydrogen) atoms. The monoisotopic (exact) mass is 293 g/mol. The summed E-state index contributed by atoms with van der Waals surface area (Å²) in [5, 5.41) is 3.94. The van der Waals surface area contributed by atoms with Gasteiger partial charge < -0.3 is 14.5 Å². The van der Waals surface area contributed by atoms with Crippen molar-refractivity contribution in [1.82, 2.24) is 15.3 Å². The molecular formula is C14H16ClN3O2. The zero-order chi connectivity index (χ0) is 13.9. The van der Waals surface area contributed by atoms with Crippen molar-refractivity contribution in [2.75, 3.05) is 13.1 Å². The Morgan fingerprint density at radius 3 is 3.05 bits per heavy atom. The molecule has 0 saturated carbocycles. The summed E-state index contributed by atoms with van der Waals surface area (Å²) in [5.41, 5.74) is 0.903. The Hall–Kier alpha value is -1.59. The van der Waals surface area contributed by atoms with E-state index in [2.05, 4.69) is 15.3 Å². The van der Waals surface area contributed by atoms with Crippen molar-refractivity contribution in [2.45, 2.75) is 19.4 Å². The van der Waals surface area contributed by atoms with Crippen LogP contribution >= 0.6 is 11.6 Å². The number of hydrogen-bond acceptors (Lipinski definition) is 5. The normalized spacial score (nSPS) is 20.0. The number of oxazole rings is 1. The number of ether oxygens (including phenoxy) is 1. The van der Waals surface area contributed by atoms with Gasteiger partial charge in [-0.15, -0.1) is 0 Å². The Morgan fingerprint density at radius 2 is 2.40 bits per heavy atom. The lowest BCUT2D eigenvalue weighted by Gasteiger charge is -2.21. The van der Waals surface area contributed by atoms with Crippen LogP contribution in [-0.4, -0.2) is 23.1 Å². The summed E-state index contributed by atoms with van der Waals surface area (Å²) in [6.07, 6.45) is 5.59. The predicted molar refractivity (Wildman–Crippen MR) is 74.8 cm³/mol. The van der Waals surface area contributed by atoms with Crippen LogP contribution in [0.3, 0.4) is 0 Å². The molecule has 0 amide bonds. The van der Waals surface area contributed by atoms with Crippen molar-refractivity contribution in [3.8, 4) is 5.88 Å². The molecule has 2 aromatic heterocycles. The van der Waals surface area contributed by atoms with Gasteiger partial charge in [-0.3, -0.25) is 0 Å². The highest BCUT2D eigenvalue weighted by atomic mass is 35.5. The van der Waals surface area contributed by atoms with E-state index in [1.807, 2.05) is 13.0 Å². The number of pyridine rings is 1. The van der Waals surface area contributed by atoms with Gasteiger partial charge in [-0.2, -0.15) is 0 Å². The third-order valence-corrected chi connectivity index (χ3v) is 3.66. The maximum Gasteiger partial charge on any atom is 0.235 e. The highest BCUT2D eigenvalue weighted by Crippen LogP contribution is 2.32. The number of nitrogens with one attached hydrogen (secondary N) is 1. The summed E-state index contributed by atoms with van der Waals surface area (Å²) >= 11 is 5.92. The molecule has 2 aromatic rings. The quantitative estimate of drug-likeness (QED) is 0.939. The van der Waals surface area contributed by atoms with Crippen LogP contribution in [0.1, 0.15) is 24.0 Å². The molecule has 5 nitrogen and oxygen atoms in total. The largest absolute Gasteiger partial charge is 0.464 e. The zero-order valence-corrected chi connectivity index (χ0v) is 11.9. The van der Waals surface area contributed by atoms with E-state index in [-0.39, 0.29) is 6.10 Å². The van der Waals surface area contributed by atoms with Gasteiger partial charge in [0.1, 0.15) is 6.26 Å². The molecule has 1 saturated heterocycles. The van der Waals surface area contributed by atoms with E-state index < -0.39 is 0 Å². The molecule has 0 radical (unpaired) electrons. The fourth-order valence-electron chi connectivity index (χ4n) is 2.43. The van der Waals surface area contributed by atoms with E-state index in [1.165, 1.54) is 0 Å². The van der Waals surface area contributed by atoms with Crippen LogP contribution in [0, 0.1) is 12.8 Å². The first kappa shape index (κ1) is 13.4. The minimum Gasteiger partial charge on any atom is -0.464 e. The highest BCUT2D eigenvalue weighted by molar-refractivity contribution is 6.30. The van der Waals surface area contributed by atoms with Crippen LogP contribution in [0.5, 0.6) is 5.88 Å². The summed E-state index contributed by atoms with van der Waals surface area (Å²) < 4.78 is 11.5. The van der Waals surface area contributed by atoms with Gasteiger partial charge in [-0.25, -0.2) is 9.97 Å². The van der Waals surface area contributed by atoms with Gasteiger partial charge in [0.05, 0.1) is 11.2 Å². The molecule has 6 heteroatoms. The molecular weight excluding hydrogens is 278 g/mol. The molecule has 2 unspecified atom stereocenters. The summed E-state index contributed by atoms with van der Waals surface area (Å²) in [7, 11) is 0. The van der Waals surface area contributed by atoms with E-state index in [0.717, 1.165) is 25.1 Å². The van der Waals surface area contributed by atoms with Crippen molar-refractivity contribution in [2.24, 2.45) is 5.92 Å². The van der Waals surface area contributed by atoms with Crippen molar-refractivity contribution >= 4 is 11.6 Å². The Bertz CT molecular complexity index is 568. The van der Waals surface area contributed by atoms with Crippen LogP contribution in [0.25, 0.3) is 0 Å². The smallest absolute Gasteiger partial charge is 0.235 e. The lowest BCUT2D eigenvalue weighted by molar-refractivity contribution is 0.108. The molecule has 0 aromatic carbocycles. The van der Waals surface area contributed by atoms with Gasteiger partial charge in [0.15, 0.2) is 6.10 Å². The van der Waals surface area contributed by atoms with Gasteiger partial charge in [0.2, 0.25) is 11.8 Å². The van der Waals surface area contributed by atoms with Crippen molar-refractivity contribution in [1.29, 1.82) is 0 Å². The van der Waals surface area contributed by atoms with E-state index in [9.17, 15) is 0 Å². The van der Waals surface area contributed by atoms with Crippen LogP contribution in [-0.2, 0) is 0 Å². The lowest BCUT2D eigenvalue weighted by atomic mass is 10.0. The molecule has 1 N–H and O–H groups in total. The predicted octanol–water partition coefficient (Wildman–Crippen LogP) is 2.76. The number of rotatable bonds is 4. The molecule has 3 rings (SSSR count). The fraction of sp³-hybridized carbons (Fsp3) is 0.429. The standard InChI is InChI=1S/C14H16ClN3O2/c1-9-6-11(15)8-18-13(9)20-12(10-2-3-16-7-10)14-17-4-5-19-14/h4-6,8,10,12,16H,2-3,7H2,1H3. The van der Waals surface area contributed by atoms with E-state index in [0.29, 0.717) is 22.7 Å². The third kappa shape index (κ3) is 2.78. The Labute approximate surface area is 122 Å². The first-order chi connectivity index (χ1) is 9.74. The molecule has 0 aliphatic carbocycles. The summed E-state index contributed by atoms with van der Waals surface area (Å²) in [4.78, 5) is 8.49. The lowest BCUT2D eigenvalue weighted by Crippen LogP contribution is -2.22. The number of aryl methyl sites for hydroxylation is 1. The van der Waals surface area contributed by atoms with Crippen molar-refractivity contribution < 1.29 is 9.15 Å². The molecule has 1 aliphatic heterocycles.